The minimum absolute atomic E-state index is 0.00146. The molecule has 110 valence electrons. The van der Waals surface area contributed by atoms with Crippen LogP contribution in [0.15, 0.2) is 30.3 Å². The molecular formula is C16H17ClN2OS. The first kappa shape index (κ1) is 14.5. The molecule has 0 saturated carbocycles. The Kier molecular flexibility index (Phi) is 4.56. The van der Waals surface area contributed by atoms with E-state index < -0.39 is 0 Å². The molecule has 2 heterocycles. The molecule has 0 aliphatic carbocycles. The van der Waals surface area contributed by atoms with E-state index in [0.29, 0.717) is 4.88 Å². The monoisotopic (exact) mass is 320 g/mol. The molecule has 1 saturated heterocycles. The zero-order valence-corrected chi connectivity index (χ0v) is 13.3. The average Bonchev–Trinajstić information content (AvgIpc) is 3.01. The van der Waals surface area contributed by atoms with E-state index in [1.807, 2.05) is 30.3 Å². The lowest BCUT2D eigenvalue weighted by Gasteiger charge is -2.25. The van der Waals surface area contributed by atoms with Gasteiger partial charge in [0.1, 0.15) is 4.88 Å². The molecule has 1 aromatic carbocycles. The van der Waals surface area contributed by atoms with Gasteiger partial charge in [-0.3, -0.25) is 4.79 Å². The Bertz CT molecular complexity index is 620. The van der Waals surface area contributed by atoms with Crippen molar-refractivity contribution in [3.63, 3.8) is 0 Å². The van der Waals surface area contributed by atoms with Gasteiger partial charge in [0, 0.05) is 18.7 Å². The highest BCUT2D eigenvalue weighted by Gasteiger charge is 2.22. The molecule has 0 amide bonds. The summed E-state index contributed by atoms with van der Waals surface area (Å²) in [5.41, 5.74) is 1.75. The number of hydrogen-bond acceptors (Lipinski definition) is 4. The van der Waals surface area contributed by atoms with Gasteiger partial charge in [0.25, 0.3) is 0 Å². The highest BCUT2D eigenvalue weighted by molar-refractivity contribution is 7.18. The Morgan fingerprint density at radius 1 is 1.19 bits per heavy atom. The molecule has 0 radical (unpaired) electrons. The number of hydrogen-bond donors (Lipinski definition) is 0. The first-order valence-electron chi connectivity index (χ1n) is 7.20. The second-order valence-electron chi connectivity index (χ2n) is 5.14. The molecule has 0 N–H and O–H groups in total. The number of ketones is 1. The van der Waals surface area contributed by atoms with Gasteiger partial charge in [-0.2, -0.15) is 0 Å². The molecule has 0 atom stereocenters. The van der Waals surface area contributed by atoms with Gasteiger partial charge in [-0.15, -0.1) is 11.6 Å². The number of carbonyl (C=O) groups excluding carboxylic acids is 1. The summed E-state index contributed by atoms with van der Waals surface area (Å²) in [5.74, 6) is -0.0437. The minimum atomic E-state index is -0.0451. The van der Waals surface area contributed by atoms with Gasteiger partial charge >= 0.3 is 0 Å². The zero-order valence-electron chi connectivity index (χ0n) is 11.7. The lowest BCUT2D eigenvalue weighted by atomic mass is 10.1. The summed E-state index contributed by atoms with van der Waals surface area (Å²) >= 11 is 7.23. The van der Waals surface area contributed by atoms with Crippen molar-refractivity contribution in [2.75, 3.05) is 23.9 Å². The smallest absolute Gasteiger partial charge is 0.189 e. The van der Waals surface area contributed by atoms with Crippen molar-refractivity contribution in [1.82, 2.24) is 4.98 Å². The van der Waals surface area contributed by atoms with Crippen molar-refractivity contribution >= 4 is 33.9 Å². The maximum absolute atomic E-state index is 12.1. The molecule has 1 aliphatic heterocycles. The Labute approximate surface area is 133 Å². The maximum Gasteiger partial charge on any atom is 0.189 e. The molecule has 3 nitrogen and oxygen atoms in total. The van der Waals surface area contributed by atoms with Gasteiger partial charge in [-0.05, 0) is 19.3 Å². The molecule has 3 rings (SSSR count). The number of alkyl halides is 1. The number of piperidine rings is 1. The van der Waals surface area contributed by atoms with E-state index in [2.05, 4.69) is 4.90 Å². The van der Waals surface area contributed by atoms with Crippen LogP contribution in [0.25, 0.3) is 11.3 Å². The summed E-state index contributed by atoms with van der Waals surface area (Å²) < 4.78 is 0. The van der Waals surface area contributed by atoms with Crippen LogP contribution in [0.2, 0.25) is 0 Å². The number of benzene rings is 1. The largest absolute Gasteiger partial charge is 0.348 e. The summed E-state index contributed by atoms with van der Waals surface area (Å²) in [6.07, 6.45) is 3.67. The number of halogens is 1. The molecule has 0 bridgehead atoms. The van der Waals surface area contributed by atoms with Crippen molar-refractivity contribution in [3.05, 3.63) is 35.2 Å². The molecule has 2 aromatic rings. The Morgan fingerprint density at radius 3 is 2.57 bits per heavy atom. The van der Waals surface area contributed by atoms with Crippen LogP contribution in [0.3, 0.4) is 0 Å². The molecule has 0 spiro atoms. The Hall–Kier alpha value is -1.39. The fourth-order valence-electron chi connectivity index (χ4n) is 2.57. The predicted molar refractivity (Wildman–Crippen MR) is 88.7 cm³/mol. The maximum atomic E-state index is 12.1. The van der Waals surface area contributed by atoms with Crippen LogP contribution in [0.1, 0.15) is 28.9 Å². The summed E-state index contributed by atoms with van der Waals surface area (Å²) in [6.45, 7) is 2.05. The highest BCUT2D eigenvalue weighted by Crippen LogP contribution is 2.34. The van der Waals surface area contributed by atoms with Crippen LogP contribution in [0, 0.1) is 0 Å². The lowest BCUT2D eigenvalue weighted by molar-refractivity contribution is 0.102. The molecule has 21 heavy (non-hydrogen) atoms. The van der Waals surface area contributed by atoms with Crippen molar-refractivity contribution in [2.24, 2.45) is 0 Å². The topological polar surface area (TPSA) is 33.2 Å². The van der Waals surface area contributed by atoms with E-state index in [1.165, 1.54) is 30.6 Å². The van der Waals surface area contributed by atoms with Crippen molar-refractivity contribution in [3.8, 4) is 11.3 Å². The molecular weight excluding hydrogens is 304 g/mol. The fraction of sp³-hybridized carbons (Fsp3) is 0.375. The van der Waals surface area contributed by atoms with Gasteiger partial charge in [-0.1, -0.05) is 41.7 Å². The molecule has 0 unspecified atom stereocenters. The van der Waals surface area contributed by atoms with Gasteiger partial charge in [-0.25, -0.2) is 4.98 Å². The third-order valence-electron chi connectivity index (χ3n) is 3.66. The van der Waals surface area contributed by atoms with Gasteiger partial charge in [0.2, 0.25) is 0 Å². The molecule has 5 heteroatoms. The number of anilines is 1. The van der Waals surface area contributed by atoms with Crippen LogP contribution in [0.5, 0.6) is 0 Å². The Morgan fingerprint density at radius 2 is 1.90 bits per heavy atom. The summed E-state index contributed by atoms with van der Waals surface area (Å²) in [4.78, 5) is 19.8. The van der Waals surface area contributed by atoms with E-state index in [1.54, 1.807) is 0 Å². The number of thiazole rings is 1. The van der Waals surface area contributed by atoms with E-state index in [9.17, 15) is 4.79 Å². The van der Waals surface area contributed by atoms with Crippen molar-refractivity contribution in [1.29, 1.82) is 0 Å². The quantitative estimate of drug-likeness (QED) is 0.624. The summed E-state index contributed by atoms with van der Waals surface area (Å²) in [7, 11) is 0. The highest BCUT2D eigenvalue weighted by atomic mass is 35.5. The van der Waals surface area contributed by atoms with E-state index >= 15 is 0 Å². The van der Waals surface area contributed by atoms with Crippen LogP contribution in [-0.2, 0) is 0 Å². The number of Topliss-reactive ketones (excluding diaryl/α,β-unsaturated/α-hetero) is 1. The van der Waals surface area contributed by atoms with Gasteiger partial charge in [0.05, 0.1) is 11.6 Å². The minimum Gasteiger partial charge on any atom is -0.348 e. The van der Waals surface area contributed by atoms with Crippen LogP contribution >= 0.6 is 22.9 Å². The zero-order chi connectivity index (χ0) is 14.7. The molecule has 1 fully saturated rings. The summed E-state index contributed by atoms with van der Waals surface area (Å²) in [5, 5.41) is 0.946. The number of nitrogens with zero attached hydrogens (tertiary/aromatic N) is 2. The number of carbonyl (C=O) groups is 1. The number of aromatic nitrogens is 1. The van der Waals surface area contributed by atoms with E-state index in [-0.39, 0.29) is 11.7 Å². The standard InChI is InChI=1S/C16H17ClN2OS/c17-11-13(20)15-14(12-7-3-1-4-8-12)18-16(21-15)19-9-5-2-6-10-19/h1,3-4,7-8H,2,5-6,9-11H2. The van der Waals surface area contributed by atoms with Crippen LogP contribution in [0.4, 0.5) is 5.13 Å². The third-order valence-corrected chi connectivity index (χ3v) is 5.06. The average molecular weight is 321 g/mol. The predicted octanol–water partition coefficient (Wildman–Crippen LogP) is 4.22. The van der Waals surface area contributed by atoms with Gasteiger partial charge in [0.15, 0.2) is 10.9 Å². The van der Waals surface area contributed by atoms with Crippen molar-refractivity contribution in [2.45, 2.75) is 19.3 Å². The van der Waals surface area contributed by atoms with E-state index in [4.69, 9.17) is 16.6 Å². The molecule has 1 aliphatic rings. The second-order valence-corrected chi connectivity index (χ2v) is 6.39. The normalized spacial score (nSPS) is 15.2. The van der Waals surface area contributed by atoms with Gasteiger partial charge < -0.3 is 4.90 Å². The van der Waals surface area contributed by atoms with E-state index in [0.717, 1.165) is 29.5 Å². The number of rotatable bonds is 4. The van der Waals surface area contributed by atoms with Crippen LogP contribution < -0.4 is 4.90 Å². The SMILES string of the molecule is O=C(CCl)c1sc(N2CCCCC2)nc1-c1ccccc1. The third kappa shape index (κ3) is 3.11. The summed E-state index contributed by atoms with van der Waals surface area (Å²) in [6, 6.07) is 9.86. The second kappa shape index (κ2) is 6.58. The first-order valence-corrected chi connectivity index (χ1v) is 8.55. The van der Waals surface area contributed by atoms with Crippen LogP contribution in [-0.4, -0.2) is 29.7 Å². The fourth-order valence-corrected chi connectivity index (χ4v) is 3.86. The lowest BCUT2D eigenvalue weighted by Crippen LogP contribution is -2.29. The molecule has 1 aromatic heterocycles. The first-order chi connectivity index (χ1) is 10.3. The Balaban J connectivity index is 2.01. The van der Waals surface area contributed by atoms with Crippen molar-refractivity contribution < 1.29 is 4.79 Å².